The highest BCUT2D eigenvalue weighted by molar-refractivity contribution is 5.83. The number of carboxylic acids is 1. The van der Waals surface area contributed by atoms with Gasteiger partial charge in [-0.15, -0.1) is 0 Å². The highest BCUT2D eigenvalue weighted by Gasteiger charge is 2.33. The van der Waals surface area contributed by atoms with Crippen LogP contribution in [0.2, 0.25) is 0 Å². The molecule has 2 aliphatic rings. The van der Waals surface area contributed by atoms with Gasteiger partial charge in [0, 0.05) is 24.9 Å². The molecule has 186 valence electrons. The van der Waals surface area contributed by atoms with E-state index >= 15 is 0 Å². The van der Waals surface area contributed by atoms with Crippen molar-refractivity contribution in [2.45, 2.75) is 64.0 Å². The van der Waals surface area contributed by atoms with Crippen molar-refractivity contribution in [2.24, 2.45) is 5.92 Å². The molecule has 0 aliphatic heterocycles. The Balaban J connectivity index is 1.37. The van der Waals surface area contributed by atoms with Gasteiger partial charge in [0.05, 0.1) is 0 Å². The van der Waals surface area contributed by atoms with E-state index in [1.807, 2.05) is 24.3 Å². The second-order valence-corrected chi connectivity index (χ2v) is 9.52. The van der Waals surface area contributed by atoms with Gasteiger partial charge in [0.25, 0.3) is 0 Å². The number of fused-ring (bicyclic) bond motifs is 3. The number of amides is 2. The predicted octanol–water partition coefficient (Wildman–Crippen LogP) is 4.80. The average Bonchev–Trinajstić information content (AvgIpc) is 3.18. The Hall–Kier alpha value is -3.35. The number of nitrogens with one attached hydrogen (secondary N) is 1. The van der Waals surface area contributed by atoms with Gasteiger partial charge >= 0.3 is 12.1 Å². The molecule has 2 aliphatic carbocycles. The lowest BCUT2D eigenvalue weighted by molar-refractivity contribution is -0.149. The number of ether oxygens (including phenoxy) is 1. The van der Waals surface area contributed by atoms with Crippen LogP contribution in [0.5, 0.6) is 0 Å². The fraction of sp³-hybridized carbons (Fsp3) is 0.464. The molecule has 0 bridgehead atoms. The summed E-state index contributed by atoms with van der Waals surface area (Å²) in [6.07, 6.45) is 3.31. The molecule has 2 aromatic rings. The molecule has 2 aromatic carbocycles. The first-order chi connectivity index (χ1) is 16.9. The first kappa shape index (κ1) is 24.8. The lowest BCUT2D eigenvalue weighted by Crippen LogP contribution is -2.47. The van der Waals surface area contributed by atoms with Gasteiger partial charge < -0.3 is 20.1 Å². The number of aliphatic carboxylic acids is 1. The number of benzene rings is 2. The molecule has 35 heavy (non-hydrogen) atoms. The fourth-order valence-electron chi connectivity index (χ4n) is 5.57. The number of hydrogen-bond donors (Lipinski definition) is 2. The molecule has 7 heteroatoms. The summed E-state index contributed by atoms with van der Waals surface area (Å²) in [6, 6.07) is 15.4. The maximum Gasteiger partial charge on any atom is 0.407 e. The van der Waals surface area contributed by atoms with Crippen LogP contribution in [-0.2, 0) is 14.3 Å². The summed E-state index contributed by atoms with van der Waals surface area (Å²) in [5.74, 6) is -1.25. The van der Waals surface area contributed by atoms with E-state index in [1.54, 1.807) is 6.92 Å². The standard InChI is InChI=1S/C28H34N2O5/c1-3-30(18(2)27(32)33)26(31)16-19-10-4-9-15-25(19)29-28(34)35-17-24-22-13-7-5-11-20(22)21-12-6-8-14-23(21)24/h5-8,11-14,18-19,24-25H,3-4,9-10,15-17H2,1-2H3,(H,29,34)(H,32,33)/t18?,19-,25-/m0/s1. The van der Waals surface area contributed by atoms with E-state index in [9.17, 15) is 19.5 Å². The zero-order valence-corrected chi connectivity index (χ0v) is 20.4. The van der Waals surface area contributed by atoms with Crippen LogP contribution in [0.25, 0.3) is 11.1 Å². The number of hydrogen-bond acceptors (Lipinski definition) is 4. The molecule has 1 saturated carbocycles. The lowest BCUT2D eigenvalue weighted by Gasteiger charge is -2.34. The minimum absolute atomic E-state index is 0.00695. The molecule has 0 aromatic heterocycles. The number of alkyl carbamates (subject to hydrolysis) is 1. The summed E-state index contributed by atoms with van der Waals surface area (Å²) in [5, 5.41) is 12.3. The highest BCUT2D eigenvalue weighted by atomic mass is 16.5. The van der Waals surface area contributed by atoms with Crippen molar-refractivity contribution in [1.82, 2.24) is 10.2 Å². The van der Waals surface area contributed by atoms with Gasteiger partial charge in [-0.25, -0.2) is 9.59 Å². The van der Waals surface area contributed by atoms with Gasteiger partial charge in [-0.1, -0.05) is 61.4 Å². The summed E-state index contributed by atoms with van der Waals surface area (Å²) in [7, 11) is 0. The van der Waals surface area contributed by atoms with Gasteiger partial charge in [0.1, 0.15) is 12.6 Å². The third-order valence-corrected chi connectivity index (χ3v) is 7.48. The normalized spacial score (nSPS) is 19.8. The van der Waals surface area contributed by atoms with Crippen LogP contribution in [0.4, 0.5) is 4.79 Å². The number of nitrogens with zero attached hydrogens (tertiary/aromatic N) is 1. The number of carbonyl (C=O) groups is 3. The summed E-state index contributed by atoms with van der Waals surface area (Å²) in [4.78, 5) is 38.4. The van der Waals surface area contributed by atoms with E-state index in [2.05, 4.69) is 29.6 Å². The molecule has 4 rings (SSSR count). The van der Waals surface area contributed by atoms with Crippen molar-refractivity contribution >= 4 is 18.0 Å². The molecular weight excluding hydrogens is 444 g/mol. The van der Waals surface area contributed by atoms with Crippen molar-refractivity contribution < 1.29 is 24.2 Å². The molecule has 7 nitrogen and oxygen atoms in total. The van der Waals surface area contributed by atoms with Crippen molar-refractivity contribution in [3.8, 4) is 11.1 Å². The Morgan fingerprint density at radius 2 is 1.63 bits per heavy atom. The van der Waals surface area contributed by atoms with E-state index < -0.39 is 18.1 Å². The van der Waals surface area contributed by atoms with Crippen LogP contribution in [0.3, 0.4) is 0 Å². The van der Waals surface area contributed by atoms with E-state index in [0.717, 1.165) is 36.8 Å². The van der Waals surface area contributed by atoms with Gasteiger partial charge in [-0.3, -0.25) is 4.79 Å². The molecule has 2 N–H and O–H groups in total. The summed E-state index contributed by atoms with van der Waals surface area (Å²) in [5.41, 5.74) is 4.68. The molecule has 3 atom stereocenters. The van der Waals surface area contributed by atoms with E-state index in [0.29, 0.717) is 6.54 Å². The van der Waals surface area contributed by atoms with Crippen LogP contribution < -0.4 is 5.32 Å². The Kier molecular flexibility index (Phi) is 7.73. The molecule has 0 spiro atoms. The van der Waals surface area contributed by atoms with Gasteiger partial charge in [-0.05, 0) is 54.9 Å². The van der Waals surface area contributed by atoms with Crippen LogP contribution in [-0.4, -0.2) is 53.2 Å². The first-order valence-electron chi connectivity index (χ1n) is 12.5. The van der Waals surface area contributed by atoms with E-state index in [1.165, 1.54) is 23.0 Å². The Bertz CT molecular complexity index is 1040. The highest BCUT2D eigenvalue weighted by Crippen LogP contribution is 2.44. The minimum atomic E-state index is -1.02. The van der Waals surface area contributed by atoms with Crippen LogP contribution in [0.1, 0.15) is 63.0 Å². The Labute approximate surface area is 206 Å². The maximum atomic E-state index is 12.9. The lowest BCUT2D eigenvalue weighted by atomic mass is 9.82. The smallest absolute Gasteiger partial charge is 0.407 e. The number of likely N-dealkylation sites (N-methyl/N-ethyl adjacent to an activating group) is 1. The van der Waals surface area contributed by atoms with Crippen LogP contribution in [0.15, 0.2) is 48.5 Å². The summed E-state index contributed by atoms with van der Waals surface area (Å²) in [6.45, 7) is 3.89. The SMILES string of the molecule is CCN(C(=O)C[C@@H]1CCCC[C@@H]1NC(=O)OCC1c2ccccc2-c2ccccc21)C(C)C(=O)O. The molecule has 2 amide bonds. The van der Waals surface area contributed by atoms with E-state index in [4.69, 9.17) is 4.74 Å². The summed E-state index contributed by atoms with van der Waals surface area (Å²) >= 11 is 0. The molecule has 1 fully saturated rings. The fourth-order valence-corrected chi connectivity index (χ4v) is 5.57. The topological polar surface area (TPSA) is 95.9 Å². The maximum absolute atomic E-state index is 12.9. The Morgan fingerprint density at radius 1 is 1.03 bits per heavy atom. The minimum Gasteiger partial charge on any atom is -0.480 e. The largest absolute Gasteiger partial charge is 0.480 e. The molecule has 0 radical (unpaired) electrons. The molecule has 1 unspecified atom stereocenters. The van der Waals surface area contributed by atoms with Crippen LogP contribution >= 0.6 is 0 Å². The monoisotopic (exact) mass is 478 g/mol. The van der Waals surface area contributed by atoms with Gasteiger partial charge in [-0.2, -0.15) is 0 Å². The van der Waals surface area contributed by atoms with Crippen molar-refractivity contribution in [3.05, 3.63) is 59.7 Å². The number of carbonyl (C=O) groups excluding carboxylic acids is 2. The molecule has 0 saturated heterocycles. The van der Waals surface area contributed by atoms with E-state index in [-0.39, 0.29) is 36.8 Å². The average molecular weight is 479 g/mol. The zero-order chi connectivity index (χ0) is 24.9. The van der Waals surface area contributed by atoms with Crippen molar-refractivity contribution in [1.29, 1.82) is 0 Å². The predicted molar refractivity (Wildman–Crippen MR) is 133 cm³/mol. The van der Waals surface area contributed by atoms with Gasteiger partial charge in [0.2, 0.25) is 5.91 Å². The second-order valence-electron chi connectivity index (χ2n) is 9.52. The third-order valence-electron chi connectivity index (χ3n) is 7.48. The zero-order valence-electron chi connectivity index (χ0n) is 20.4. The number of rotatable bonds is 8. The number of carboxylic acid groups (broad SMARTS) is 1. The van der Waals surface area contributed by atoms with Gasteiger partial charge in [0.15, 0.2) is 0 Å². The summed E-state index contributed by atoms with van der Waals surface area (Å²) < 4.78 is 5.71. The van der Waals surface area contributed by atoms with Crippen molar-refractivity contribution in [3.63, 3.8) is 0 Å². The van der Waals surface area contributed by atoms with Crippen LogP contribution in [0, 0.1) is 5.92 Å². The van der Waals surface area contributed by atoms with Crippen molar-refractivity contribution in [2.75, 3.05) is 13.2 Å². The Morgan fingerprint density at radius 3 is 2.23 bits per heavy atom. The third kappa shape index (κ3) is 5.34. The molecular formula is C28H34N2O5. The second kappa shape index (κ2) is 10.9. The first-order valence-corrected chi connectivity index (χ1v) is 12.5. The quantitative estimate of drug-likeness (QED) is 0.568. The molecule has 0 heterocycles.